The summed E-state index contributed by atoms with van der Waals surface area (Å²) in [6.45, 7) is 2.78. The average Bonchev–Trinajstić information content (AvgIpc) is 3.26. The summed E-state index contributed by atoms with van der Waals surface area (Å²) in [5.74, 6) is 0.948. The summed E-state index contributed by atoms with van der Waals surface area (Å²) in [5.41, 5.74) is 2.99. The largest absolute Gasteiger partial charge is 0.353 e. The Morgan fingerprint density at radius 1 is 1.03 bits per heavy atom. The molecule has 1 N–H and O–H groups in total. The van der Waals surface area contributed by atoms with Crippen molar-refractivity contribution in [2.75, 3.05) is 39.0 Å². The van der Waals surface area contributed by atoms with Crippen LogP contribution in [0.2, 0.25) is 0 Å². The minimum Gasteiger partial charge on any atom is -0.353 e. The molecule has 1 fully saturated rings. The van der Waals surface area contributed by atoms with Crippen LogP contribution in [0.4, 0.5) is 5.95 Å². The molecule has 37 heavy (non-hydrogen) atoms. The van der Waals surface area contributed by atoms with Crippen molar-refractivity contribution in [1.29, 1.82) is 0 Å². The fourth-order valence-corrected chi connectivity index (χ4v) is 5.52. The summed E-state index contributed by atoms with van der Waals surface area (Å²) in [4.78, 5) is 31.2. The van der Waals surface area contributed by atoms with Gasteiger partial charge in [-0.05, 0) is 36.9 Å². The van der Waals surface area contributed by atoms with Crippen LogP contribution in [0.5, 0.6) is 0 Å². The zero-order valence-corrected chi connectivity index (χ0v) is 21.8. The number of nitrogens with one attached hydrogen (secondary N) is 1. The first-order valence-electron chi connectivity index (χ1n) is 12.9. The van der Waals surface area contributed by atoms with E-state index in [0.29, 0.717) is 6.04 Å². The lowest BCUT2D eigenvalue weighted by atomic mass is 9.70. The number of likely N-dealkylation sites (N-methyl/N-ethyl adjacent to an activating group) is 1. The van der Waals surface area contributed by atoms with Crippen LogP contribution >= 0.6 is 0 Å². The molecule has 192 valence electrons. The molecule has 0 radical (unpaired) electrons. The van der Waals surface area contributed by atoms with E-state index in [9.17, 15) is 4.79 Å². The smallest absolute Gasteiger partial charge is 0.237 e. The van der Waals surface area contributed by atoms with Gasteiger partial charge in [-0.2, -0.15) is 0 Å². The van der Waals surface area contributed by atoms with Crippen LogP contribution in [-0.2, 0) is 17.3 Å². The molecular formula is C29H35N7O. The SMILES string of the molecule is CN(C)C(=O)C(CCN1CCC(Nc2nc3cncnc3n2C)CC1)(c1ccccc1)c1ccccc1. The van der Waals surface area contributed by atoms with Gasteiger partial charge in [-0.25, -0.2) is 15.0 Å². The summed E-state index contributed by atoms with van der Waals surface area (Å²) >= 11 is 0. The number of carbonyl (C=O) groups is 1. The van der Waals surface area contributed by atoms with E-state index >= 15 is 0 Å². The Hall–Kier alpha value is -3.78. The molecular weight excluding hydrogens is 462 g/mol. The number of anilines is 1. The highest BCUT2D eigenvalue weighted by Gasteiger charge is 2.43. The van der Waals surface area contributed by atoms with E-state index in [2.05, 4.69) is 49.4 Å². The van der Waals surface area contributed by atoms with Crippen molar-refractivity contribution < 1.29 is 4.79 Å². The number of hydrogen-bond donors (Lipinski definition) is 1. The molecule has 4 aromatic rings. The minimum atomic E-state index is -0.727. The van der Waals surface area contributed by atoms with E-state index in [1.165, 1.54) is 0 Å². The number of fused-ring (bicyclic) bond motifs is 1. The highest BCUT2D eigenvalue weighted by molar-refractivity contribution is 5.92. The number of rotatable bonds is 8. The van der Waals surface area contributed by atoms with Crippen LogP contribution in [0.25, 0.3) is 11.2 Å². The van der Waals surface area contributed by atoms with E-state index in [1.54, 1.807) is 17.4 Å². The molecule has 0 saturated carbocycles. The van der Waals surface area contributed by atoms with E-state index in [0.717, 1.165) is 67.1 Å². The lowest BCUT2D eigenvalue weighted by Crippen LogP contribution is -2.48. The summed E-state index contributed by atoms with van der Waals surface area (Å²) < 4.78 is 1.99. The van der Waals surface area contributed by atoms with Crippen molar-refractivity contribution in [3.8, 4) is 0 Å². The van der Waals surface area contributed by atoms with Gasteiger partial charge in [0.2, 0.25) is 11.9 Å². The molecule has 2 aromatic carbocycles. The molecule has 0 bridgehead atoms. The number of benzene rings is 2. The van der Waals surface area contributed by atoms with Crippen molar-refractivity contribution in [3.63, 3.8) is 0 Å². The fraction of sp³-hybridized carbons (Fsp3) is 0.379. The second-order valence-electron chi connectivity index (χ2n) is 10.1. The Bertz CT molecular complexity index is 1290. The first-order valence-corrected chi connectivity index (χ1v) is 12.9. The van der Waals surface area contributed by atoms with Crippen LogP contribution in [-0.4, -0.2) is 75.0 Å². The lowest BCUT2D eigenvalue weighted by Gasteiger charge is -2.39. The molecule has 1 aliphatic heterocycles. The van der Waals surface area contributed by atoms with E-state index in [1.807, 2.05) is 62.1 Å². The summed E-state index contributed by atoms with van der Waals surface area (Å²) in [6.07, 6.45) is 6.05. The van der Waals surface area contributed by atoms with Crippen LogP contribution < -0.4 is 5.32 Å². The number of nitrogens with zero attached hydrogens (tertiary/aromatic N) is 6. The Labute approximate surface area is 218 Å². The van der Waals surface area contributed by atoms with Crippen molar-refractivity contribution in [1.82, 2.24) is 29.3 Å². The Morgan fingerprint density at radius 2 is 1.65 bits per heavy atom. The highest BCUT2D eigenvalue weighted by Crippen LogP contribution is 2.38. The predicted octanol–water partition coefficient (Wildman–Crippen LogP) is 3.70. The predicted molar refractivity (Wildman–Crippen MR) is 146 cm³/mol. The minimum absolute atomic E-state index is 0.117. The van der Waals surface area contributed by atoms with E-state index in [-0.39, 0.29) is 5.91 Å². The molecule has 5 rings (SSSR count). The van der Waals surface area contributed by atoms with Crippen LogP contribution in [0.1, 0.15) is 30.4 Å². The number of carbonyl (C=O) groups excluding carboxylic acids is 1. The third-order valence-electron chi connectivity index (χ3n) is 7.56. The third kappa shape index (κ3) is 4.93. The van der Waals surface area contributed by atoms with Crippen molar-refractivity contribution in [2.45, 2.75) is 30.7 Å². The van der Waals surface area contributed by atoms with Gasteiger partial charge in [-0.1, -0.05) is 60.7 Å². The van der Waals surface area contributed by atoms with Gasteiger partial charge in [0.15, 0.2) is 5.65 Å². The number of amides is 1. The van der Waals surface area contributed by atoms with E-state index in [4.69, 9.17) is 0 Å². The Kier molecular flexibility index (Phi) is 7.19. The zero-order valence-electron chi connectivity index (χ0n) is 21.8. The van der Waals surface area contributed by atoms with Crippen LogP contribution in [0.3, 0.4) is 0 Å². The number of imidazole rings is 1. The molecule has 8 heteroatoms. The van der Waals surface area contributed by atoms with Gasteiger partial charge in [0.1, 0.15) is 17.3 Å². The monoisotopic (exact) mass is 497 g/mol. The first-order chi connectivity index (χ1) is 18.0. The Morgan fingerprint density at radius 3 is 2.22 bits per heavy atom. The van der Waals surface area contributed by atoms with Gasteiger partial charge < -0.3 is 15.1 Å². The number of aryl methyl sites for hydroxylation is 1. The average molecular weight is 498 g/mol. The normalized spacial score (nSPS) is 15.1. The second kappa shape index (κ2) is 10.7. The zero-order chi connectivity index (χ0) is 25.8. The molecule has 0 unspecified atom stereocenters. The third-order valence-corrected chi connectivity index (χ3v) is 7.56. The van der Waals surface area contributed by atoms with Gasteiger partial charge in [0, 0.05) is 40.3 Å². The quantitative estimate of drug-likeness (QED) is 0.400. The lowest BCUT2D eigenvalue weighted by molar-refractivity contribution is -0.133. The van der Waals surface area contributed by atoms with Crippen LogP contribution in [0, 0.1) is 0 Å². The van der Waals surface area contributed by atoms with Gasteiger partial charge in [0.05, 0.1) is 6.20 Å². The highest BCUT2D eigenvalue weighted by atomic mass is 16.2. The van der Waals surface area contributed by atoms with Crippen molar-refractivity contribution in [3.05, 3.63) is 84.3 Å². The fourth-order valence-electron chi connectivity index (χ4n) is 5.52. The molecule has 1 amide bonds. The number of likely N-dealkylation sites (tertiary alicyclic amines) is 1. The van der Waals surface area contributed by atoms with Gasteiger partial charge >= 0.3 is 0 Å². The Balaban J connectivity index is 1.31. The number of piperidine rings is 1. The van der Waals surface area contributed by atoms with Gasteiger partial charge in [-0.15, -0.1) is 0 Å². The molecule has 0 aliphatic carbocycles. The maximum Gasteiger partial charge on any atom is 0.237 e. The van der Waals surface area contributed by atoms with Gasteiger partial charge in [-0.3, -0.25) is 9.36 Å². The molecule has 0 atom stereocenters. The maximum absolute atomic E-state index is 13.9. The standard InChI is InChI=1S/C29H35N7O/c1-34(2)27(37)29(22-10-6-4-7-11-22,23-12-8-5-9-13-23)16-19-36-17-14-24(15-18-36)32-28-33-25-20-30-21-31-26(25)35(28)3/h4-13,20-21,24H,14-19H2,1-3H3,(H,32,33). The first kappa shape index (κ1) is 24.9. The number of aromatic nitrogens is 4. The maximum atomic E-state index is 13.9. The second-order valence-corrected chi connectivity index (χ2v) is 10.1. The molecule has 1 aliphatic rings. The van der Waals surface area contributed by atoms with E-state index < -0.39 is 5.41 Å². The molecule has 3 heterocycles. The number of hydrogen-bond acceptors (Lipinski definition) is 6. The summed E-state index contributed by atoms with van der Waals surface area (Å²) in [5, 5.41) is 3.61. The van der Waals surface area contributed by atoms with Gasteiger partial charge in [0.25, 0.3) is 0 Å². The van der Waals surface area contributed by atoms with Crippen molar-refractivity contribution >= 4 is 23.0 Å². The van der Waals surface area contributed by atoms with Crippen molar-refractivity contribution in [2.24, 2.45) is 7.05 Å². The molecule has 1 saturated heterocycles. The van der Waals surface area contributed by atoms with Crippen LogP contribution in [0.15, 0.2) is 73.2 Å². The summed E-state index contributed by atoms with van der Waals surface area (Å²) in [7, 11) is 5.69. The topological polar surface area (TPSA) is 79.2 Å². The molecule has 0 spiro atoms. The summed E-state index contributed by atoms with van der Waals surface area (Å²) in [6, 6.07) is 20.8. The molecule has 2 aromatic heterocycles. The molecule has 8 nitrogen and oxygen atoms in total.